The first-order valence-corrected chi connectivity index (χ1v) is 4.77. The Hall–Kier alpha value is -0.610. The number of halogens is 1. The second kappa shape index (κ2) is 2.79. The van der Waals surface area contributed by atoms with E-state index >= 15 is 0 Å². The van der Waals surface area contributed by atoms with Crippen molar-refractivity contribution in [3.63, 3.8) is 0 Å². The second-order valence-corrected chi connectivity index (χ2v) is 4.33. The van der Waals surface area contributed by atoms with E-state index < -0.39 is 0 Å². The van der Waals surface area contributed by atoms with E-state index in [1.807, 2.05) is 17.8 Å². The molecule has 0 saturated heterocycles. The smallest absolute Gasteiger partial charge is 0.0777 e. The van der Waals surface area contributed by atoms with Gasteiger partial charge < -0.3 is 0 Å². The van der Waals surface area contributed by atoms with Crippen LogP contribution in [0.2, 0.25) is 0 Å². The molecule has 0 bridgehead atoms. The summed E-state index contributed by atoms with van der Waals surface area (Å²) in [6.07, 6.45) is 3.69. The minimum atomic E-state index is 1.12. The van der Waals surface area contributed by atoms with Crippen molar-refractivity contribution in [3.8, 4) is 11.1 Å². The number of hydrogen-bond acceptors (Lipinski definition) is 2. The maximum absolute atomic E-state index is 3.88. The summed E-state index contributed by atoms with van der Waals surface area (Å²) < 4.78 is 1.15. The largest absolute Gasteiger partial charge is 0.285 e. The summed E-state index contributed by atoms with van der Waals surface area (Å²) in [5, 5.41) is 8.71. The van der Waals surface area contributed by atoms with Gasteiger partial charge in [0.1, 0.15) is 0 Å². The van der Waals surface area contributed by atoms with Crippen LogP contribution in [0.4, 0.5) is 0 Å². The van der Waals surface area contributed by atoms with Crippen LogP contribution < -0.4 is 0 Å². The molecule has 2 heterocycles. The lowest BCUT2D eigenvalue weighted by atomic mass is 10.2. The summed E-state index contributed by atoms with van der Waals surface area (Å²) in [4.78, 5) is 0. The highest BCUT2D eigenvalue weighted by molar-refractivity contribution is 9.11. The lowest BCUT2D eigenvalue weighted by Crippen LogP contribution is -1.65. The fraction of sp³-hybridized carbons (Fsp3) is 0. The number of hydrogen-bond donors (Lipinski definition) is 1. The van der Waals surface area contributed by atoms with Crippen LogP contribution in [0.15, 0.2) is 27.6 Å². The third-order valence-electron chi connectivity index (χ3n) is 1.43. The topological polar surface area (TPSA) is 28.7 Å². The van der Waals surface area contributed by atoms with Gasteiger partial charge in [-0.3, -0.25) is 5.10 Å². The lowest BCUT2D eigenvalue weighted by Gasteiger charge is -1.89. The molecule has 4 heteroatoms. The molecule has 11 heavy (non-hydrogen) atoms. The molecule has 0 aliphatic rings. The molecule has 0 aliphatic heterocycles. The fourth-order valence-electron chi connectivity index (χ4n) is 0.899. The molecule has 0 atom stereocenters. The second-order valence-electron chi connectivity index (χ2n) is 2.09. The molecule has 0 aliphatic carbocycles. The number of rotatable bonds is 1. The molecule has 1 N–H and O–H groups in total. The van der Waals surface area contributed by atoms with Crippen LogP contribution in [0, 0.1) is 0 Å². The quantitative estimate of drug-likeness (QED) is 0.800. The zero-order valence-electron chi connectivity index (χ0n) is 5.54. The molecule has 0 saturated carbocycles. The van der Waals surface area contributed by atoms with E-state index in [2.05, 4.69) is 32.2 Å². The van der Waals surface area contributed by atoms with Crippen molar-refractivity contribution in [2.45, 2.75) is 0 Å². The van der Waals surface area contributed by atoms with Crippen molar-refractivity contribution in [2.24, 2.45) is 0 Å². The summed E-state index contributed by atoms with van der Waals surface area (Å²) in [5.41, 5.74) is 2.32. The normalized spacial score (nSPS) is 10.3. The molecule has 56 valence electrons. The van der Waals surface area contributed by atoms with Crippen molar-refractivity contribution in [3.05, 3.63) is 27.6 Å². The molecule has 2 nitrogen and oxygen atoms in total. The minimum absolute atomic E-state index is 1.12. The molecular formula is C7H5BrN2S. The van der Waals surface area contributed by atoms with Gasteiger partial charge in [0, 0.05) is 17.3 Å². The summed E-state index contributed by atoms with van der Waals surface area (Å²) >= 11 is 5.14. The Morgan fingerprint density at radius 3 is 3.00 bits per heavy atom. The van der Waals surface area contributed by atoms with Gasteiger partial charge in [0.2, 0.25) is 0 Å². The van der Waals surface area contributed by atoms with Gasteiger partial charge >= 0.3 is 0 Å². The summed E-state index contributed by atoms with van der Waals surface area (Å²) in [5.74, 6) is 0. The van der Waals surface area contributed by atoms with Gasteiger partial charge in [0.25, 0.3) is 0 Å². The van der Waals surface area contributed by atoms with Gasteiger partial charge in [0.15, 0.2) is 0 Å². The maximum atomic E-state index is 3.88. The molecule has 2 rings (SSSR count). The van der Waals surface area contributed by atoms with Crippen LogP contribution in [0.1, 0.15) is 0 Å². The summed E-state index contributed by atoms with van der Waals surface area (Å²) in [6, 6.07) is 2.07. The van der Waals surface area contributed by atoms with Gasteiger partial charge in [0.05, 0.1) is 9.98 Å². The van der Waals surface area contributed by atoms with Crippen molar-refractivity contribution in [1.82, 2.24) is 10.2 Å². The number of aromatic amines is 1. The zero-order valence-corrected chi connectivity index (χ0v) is 7.95. The Morgan fingerprint density at radius 2 is 2.45 bits per heavy atom. The van der Waals surface area contributed by atoms with E-state index in [4.69, 9.17) is 0 Å². The predicted molar refractivity (Wildman–Crippen MR) is 49.6 cm³/mol. The van der Waals surface area contributed by atoms with Crippen molar-refractivity contribution >= 4 is 27.3 Å². The monoisotopic (exact) mass is 228 g/mol. The van der Waals surface area contributed by atoms with Crippen LogP contribution in [0.5, 0.6) is 0 Å². The van der Waals surface area contributed by atoms with Crippen LogP contribution in [0.3, 0.4) is 0 Å². The number of nitrogens with one attached hydrogen (secondary N) is 1. The molecule has 0 unspecified atom stereocenters. The Kier molecular flexibility index (Phi) is 1.79. The Bertz CT molecular complexity index is 339. The number of aromatic nitrogens is 2. The van der Waals surface area contributed by atoms with Gasteiger partial charge in [-0.2, -0.15) is 5.10 Å². The molecule has 2 aromatic rings. The van der Waals surface area contributed by atoms with E-state index in [1.165, 1.54) is 5.56 Å². The molecule has 0 amide bonds. The first kappa shape index (κ1) is 7.06. The van der Waals surface area contributed by atoms with E-state index in [-0.39, 0.29) is 0 Å². The van der Waals surface area contributed by atoms with Gasteiger partial charge in [-0.1, -0.05) is 0 Å². The van der Waals surface area contributed by atoms with Gasteiger partial charge in [-0.05, 0) is 27.4 Å². The minimum Gasteiger partial charge on any atom is -0.285 e. The highest BCUT2D eigenvalue weighted by Gasteiger charge is 2.03. The zero-order chi connectivity index (χ0) is 7.68. The number of thiophene rings is 1. The van der Waals surface area contributed by atoms with Crippen molar-refractivity contribution < 1.29 is 0 Å². The third-order valence-corrected chi connectivity index (χ3v) is 3.11. The maximum Gasteiger partial charge on any atom is 0.0777 e. The van der Waals surface area contributed by atoms with E-state index in [9.17, 15) is 0 Å². The summed E-state index contributed by atoms with van der Waals surface area (Å²) in [6.45, 7) is 0. The number of H-pyrrole nitrogens is 1. The molecule has 0 spiro atoms. The average molecular weight is 229 g/mol. The van der Waals surface area contributed by atoms with E-state index in [0.717, 1.165) is 9.35 Å². The Balaban J connectivity index is 2.53. The molecule has 0 fully saturated rings. The molecular weight excluding hydrogens is 224 g/mol. The number of nitrogens with zero attached hydrogens (tertiary/aromatic N) is 1. The fourth-order valence-corrected chi connectivity index (χ4v) is 2.22. The Morgan fingerprint density at radius 1 is 1.55 bits per heavy atom. The van der Waals surface area contributed by atoms with E-state index in [1.54, 1.807) is 11.3 Å². The van der Waals surface area contributed by atoms with Gasteiger partial charge in [-0.25, -0.2) is 0 Å². The standard InChI is InChI=1S/C7H5BrN2S/c8-7-6(1-2-11-7)5-3-9-10-4-5/h1-4H,(H,9,10). The SMILES string of the molecule is Brc1sccc1-c1cn[nH]c1. The average Bonchev–Trinajstić information content (AvgIpc) is 2.55. The van der Waals surface area contributed by atoms with Crippen LogP contribution in [-0.4, -0.2) is 10.2 Å². The molecule has 2 aromatic heterocycles. The van der Waals surface area contributed by atoms with Crippen molar-refractivity contribution in [2.75, 3.05) is 0 Å². The molecule has 0 radical (unpaired) electrons. The molecule has 0 aromatic carbocycles. The first-order chi connectivity index (χ1) is 5.38. The highest BCUT2D eigenvalue weighted by atomic mass is 79.9. The van der Waals surface area contributed by atoms with Crippen LogP contribution in [0.25, 0.3) is 11.1 Å². The Labute approximate surface area is 76.4 Å². The first-order valence-electron chi connectivity index (χ1n) is 3.10. The lowest BCUT2D eigenvalue weighted by molar-refractivity contribution is 1.09. The van der Waals surface area contributed by atoms with Crippen LogP contribution >= 0.6 is 27.3 Å². The van der Waals surface area contributed by atoms with Crippen molar-refractivity contribution in [1.29, 1.82) is 0 Å². The third kappa shape index (κ3) is 1.23. The summed E-state index contributed by atoms with van der Waals surface area (Å²) in [7, 11) is 0. The highest BCUT2D eigenvalue weighted by Crippen LogP contribution is 2.31. The van der Waals surface area contributed by atoms with E-state index in [0.29, 0.717) is 0 Å². The van der Waals surface area contributed by atoms with Crippen LogP contribution in [-0.2, 0) is 0 Å². The van der Waals surface area contributed by atoms with Gasteiger partial charge in [-0.15, -0.1) is 11.3 Å². The predicted octanol–water partition coefficient (Wildman–Crippen LogP) is 2.90.